The summed E-state index contributed by atoms with van der Waals surface area (Å²) in [5.41, 5.74) is 0.607. The maximum atomic E-state index is 12.4. The van der Waals surface area contributed by atoms with E-state index in [4.69, 9.17) is 20.4 Å². The predicted molar refractivity (Wildman–Crippen MR) is 103 cm³/mol. The van der Waals surface area contributed by atoms with E-state index in [0.29, 0.717) is 27.5 Å². The molecule has 134 valence electrons. The monoisotopic (exact) mass is 379 g/mol. The lowest BCUT2D eigenvalue weighted by atomic mass is 10.2. The number of hydrogen-bond donors (Lipinski definition) is 1. The Morgan fingerprint density at radius 3 is 2.56 bits per heavy atom. The van der Waals surface area contributed by atoms with Crippen molar-refractivity contribution in [1.29, 1.82) is 0 Å². The van der Waals surface area contributed by atoms with Crippen molar-refractivity contribution < 1.29 is 13.6 Å². The highest BCUT2D eigenvalue weighted by molar-refractivity contribution is 6.30. The Morgan fingerprint density at radius 1 is 0.963 bits per heavy atom. The van der Waals surface area contributed by atoms with Crippen molar-refractivity contribution in [1.82, 2.24) is 5.32 Å². The molecule has 0 saturated heterocycles. The van der Waals surface area contributed by atoms with Gasteiger partial charge in [-0.15, -0.1) is 0 Å². The van der Waals surface area contributed by atoms with Crippen LogP contribution in [0.1, 0.15) is 16.1 Å². The van der Waals surface area contributed by atoms with Gasteiger partial charge in [0.15, 0.2) is 0 Å². The molecule has 0 aliphatic rings. The quantitative estimate of drug-likeness (QED) is 0.524. The summed E-state index contributed by atoms with van der Waals surface area (Å²) >= 11 is 5.88. The Morgan fingerprint density at radius 2 is 1.74 bits per heavy atom. The van der Waals surface area contributed by atoms with Gasteiger partial charge in [0.2, 0.25) is 0 Å². The lowest BCUT2D eigenvalue weighted by Gasteiger charge is -2.04. The molecule has 2 aromatic carbocycles. The lowest BCUT2D eigenvalue weighted by molar-refractivity contribution is 0.0944. The molecule has 4 rings (SSSR count). The number of nitrogens with one attached hydrogen (secondary N) is 1. The van der Waals surface area contributed by atoms with Gasteiger partial charge in [-0.2, -0.15) is 0 Å². The van der Waals surface area contributed by atoms with E-state index in [1.807, 2.05) is 24.3 Å². The second-order valence-electron chi connectivity index (χ2n) is 5.94. The van der Waals surface area contributed by atoms with Gasteiger partial charge in [0.25, 0.3) is 5.91 Å². The number of rotatable bonds is 4. The van der Waals surface area contributed by atoms with E-state index in [1.54, 1.807) is 36.4 Å². The van der Waals surface area contributed by atoms with Gasteiger partial charge in [-0.25, -0.2) is 4.79 Å². The third-order valence-electron chi connectivity index (χ3n) is 4.10. The van der Waals surface area contributed by atoms with Gasteiger partial charge in [-0.05, 0) is 48.5 Å². The first kappa shape index (κ1) is 17.1. The molecule has 27 heavy (non-hydrogen) atoms. The van der Waals surface area contributed by atoms with Gasteiger partial charge in [-0.3, -0.25) is 4.79 Å². The van der Waals surface area contributed by atoms with Crippen molar-refractivity contribution in [3.8, 4) is 11.3 Å². The second-order valence-corrected chi connectivity index (χ2v) is 6.38. The molecule has 0 bridgehead atoms. The van der Waals surface area contributed by atoms with Crippen molar-refractivity contribution in [3.63, 3.8) is 0 Å². The highest BCUT2D eigenvalue weighted by Gasteiger charge is 2.14. The van der Waals surface area contributed by atoms with Crippen LogP contribution < -0.4 is 10.9 Å². The molecule has 0 aliphatic heterocycles. The summed E-state index contributed by atoms with van der Waals surface area (Å²) in [5, 5.41) is 4.01. The molecule has 0 atom stereocenters. The summed E-state index contributed by atoms with van der Waals surface area (Å²) in [6.07, 6.45) is 0. The summed E-state index contributed by atoms with van der Waals surface area (Å²) in [4.78, 5) is 24.4. The Bertz CT molecular complexity index is 1170. The number of hydrogen-bond acceptors (Lipinski definition) is 4. The number of carbonyl (C=O) groups is 1. The lowest BCUT2D eigenvalue weighted by Crippen LogP contribution is -2.27. The van der Waals surface area contributed by atoms with Crippen LogP contribution in [-0.4, -0.2) is 5.91 Å². The van der Waals surface area contributed by atoms with Crippen LogP contribution in [0.25, 0.3) is 22.3 Å². The maximum absolute atomic E-state index is 12.4. The molecule has 0 aliphatic carbocycles. The number of amides is 1. The van der Waals surface area contributed by atoms with E-state index in [-0.39, 0.29) is 12.1 Å². The molecule has 0 radical (unpaired) electrons. The predicted octanol–water partition coefficient (Wildman–Crippen LogP) is 4.64. The Kier molecular flexibility index (Phi) is 4.52. The molecule has 0 unspecified atom stereocenters. The standard InChI is InChI=1S/C21H14ClNO4/c22-15-7-5-13(6-8-15)19-10-9-16(26-19)12-23-20(24)17-11-14-3-1-2-4-18(14)27-21(17)25/h1-11H,12H2,(H,23,24). The number of halogens is 1. The van der Waals surface area contributed by atoms with Crippen LogP contribution >= 0.6 is 11.6 Å². The van der Waals surface area contributed by atoms with Gasteiger partial charge in [0, 0.05) is 16.0 Å². The van der Waals surface area contributed by atoms with Gasteiger partial charge < -0.3 is 14.2 Å². The third kappa shape index (κ3) is 3.64. The molecule has 0 spiro atoms. The summed E-state index contributed by atoms with van der Waals surface area (Å²) in [6, 6.07) is 19.4. The van der Waals surface area contributed by atoms with Crippen molar-refractivity contribution in [2.24, 2.45) is 0 Å². The molecule has 5 nitrogen and oxygen atoms in total. The summed E-state index contributed by atoms with van der Waals surface area (Å²) in [7, 11) is 0. The molecule has 1 N–H and O–H groups in total. The number of para-hydroxylation sites is 1. The van der Waals surface area contributed by atoms with Crippen LogP contribution in [0.3, 0.4) is 0 Å². The Hall–Kier alpha value is -3.31. The van der Waals surface area contributed by atoms with E-state index >= 15 is 0 Å². The molecule has 4 aromatic rings. The minimum atomic E-state index is -0.674. The fourth-order valence-corrected chi connectivity index (χ4v) is 2.85. The molecule has 2 heterocycles. The highest BCUT2D eigenvalue weighted by Crippen LogP contribution is 2.23. The van der Waals surface area contributed by atoms with Crippen LogP contribution in [0.2, 0.25) is 5.02 Å². The van der Waals surface area contributed by atoms with E-state index in [2.05, 4.69) is 5.32 Å². The number of furan rings is 1. The SMILES string of the molecule is O=C(NCc1ccc(-c2ccc(Cl)cc2)o1)c1cc2ccccc2oc1=O. The molecule has 1 amide bonds. The van der Waals surface area contributed by atoms with Crippen molar-refractivity contribution in [3.05, 3.63) is 93.5 Å². The van der Waals surface area contributed by atoms with Crippen molar-refractivity contribution in [2.75, 3.05) is 0 Å². The molecular formula is C21H14ClNO4. The van der Waals surface area contributed by atoms with Crippen molar-refractivity contribution in [2.45, 2.75) is 6.54 Å². The Balaban J connectivity index is 1.49. The average molecular weight is 380 g/mol. The smallest absolute Gasteiger partial charge is 0.349 e. The van der Waals surface area contributed by atoms with Crippen LogP contribution in [0.15, 0.2) is 80.4 Å². The highest BCUT2D eigenvalue weighted by atomic mass is 35.5. The first-order valence-corrected chi connectivity index (χ1v) is 8.64. The van der Waals surface area contributed by atoms with E-state index in [0.717, 1.165) is 5.56 Å². The van der Waals surface area contributed by atoms with E-state index in [9.17, 15) is 9.59 Å². The number of carbonyl (C=O) groups excluding carboxylic acids is 1. The average Bonchev–Trinajstić information content (AvgIpc) is 3.15. The second kappa shape index (κ2) is 7.13. The third-order valence-corrected chi connectivity index (χ3v) is 4.35. The van der Waals surface area contributed by atoms with Gasteiger partial charge in [0.1, 0.15) is 22.7 Å². The molecular weight excluding hydrogens is 366 g/mol. The molecule has 6 heteroatoms. The van der Waals surface area contributed by atoms with Crippen LogP contribution in [0.5, 0.6) is 0 Å². The normalized spacial score (nSPS) is 10.9. The summed E-state index contributed by atoms with van der Waals surface area (Å²) < 4.78 is 10.9. The molecule has 0 fully saturated rings. The zero-order valence-electron chi connectivity index (χ0n) is 14.1. The summed E-state index contributed by atoms with van der Waals surface area (Å²) in [6.45, 7) is 0.151. The zero-order chi connectivity index (χ0) is 18.8. The van der Waals surface area contributed by atoms with E-state index < -0.39 is 11.5 Å². The van der Waals surface area contributed by atoms with Crippen molar-refractivity contribution >= 4 is 28.5 Å². The first-order valence-electron chi connectivity index (χ1n) is 8.26. The zero-order valence-corrected chi connectivity index (χ0v) is 14.8. The first-order chi connectivity index (χ1) is 13.1. The largest absolute Gasteiger partial charge is 0.459 e. The van der Waals surface area contributed by atoms with Crippen LogP contribution in [-0.2, 0) is 6.54 Å². The number of fused-ring (bicyclic) bond motifs is 1. The fraction of sp³-hybridized carbons (Fsp3) is 0.0476. The van der Waals surface area contributed by atoms with Gasteiger partial charge in [-0.1, -0.05) is 29.8 Å². The maximum Gasteiger partial charge on any atom is 0.349 e. The number of benzene rings is 2. The minimum absolute atomic E-state index is 0.0434. The summed E-state index contributed by atoms with van der Waals surface area (Å²) in [5.74, 6) is 0.721. The molecule has 0 saturated carbocycles. The Labute approximate surface area is 159 Å². The minimum Gasteiger partial charge on any atom is -0.459 e. The fourth-order valence-electron chi connectivity index (χ4n) is 2.73. The van der Waals surface area contributed by atoms with Gasteiger partial charge >= 0.3 is 5.63 Å². The topological polar surface area (TPSA) is 72.5 Å². The van der Waals surface area contributed by atoms with Crippen LogP contribution in [0, 0.1) is 0 Å². The molecule has 2 aromatic heterocycles. The van der Waals surface area contributed by atoms with Gasteiger partial charge in [0.05, 0.1) is 6.54 Å². The van der Waals surface area contributed by atoms with E-state index in [1.165, 1.54) is 6.07 Å². The van der Waals surface area contributed by atoms with Crippen LogP contribution in [0.4, 0.5) is 0 Å².